The van der Waals surface area contributed by atoms with Crippen LogP contribution in [0.15, 0.2) is 23.1 Å². The quantitative estimate of drug-likeness (QED) is 0.911. The van der Waals surface area contributed by atoms with E-state index in [-0.39, 0.29) is 18.1 Å². The maximum Gasteiger partial charge on any atom is 0.243 e. The van der Waals surface area contributed by atoms with Crippen LogP contribution in [-0.2, 0) is 10.0 Å². The minimum absolute atomic E-state index is 0.0483. The Bertz CT molecular complexity index is 618. The standard InChI is InChI=1S/C14H19ClN2O2S/c1-9-13(15)3-2-4-14(9)20(18,19)17-11-5-6-12(17)8-10(16)7-11/h2-4,10-12H,5-8,16H2,1H3. The van der Waals surface area contributed by atoms with Crippen LogP contribution in [0.2, 0.25) is 5.02 Å². The summed E-state index contributed by atoms with van der Waals surface area (Å²) in [5.74, 6) is 0. The summed E-state index contributed by atoms with van der Waals surface area (Å²) in [5, 5.41) is 0.493. The zero-order chi connectivity index (χ0) is 14.5. The van der Waals surface area contributed by atoms with Crippen LogP contribution in [-0.4, -0.2) is 30.8 Å². The summed E-state index contributed by atoms with van der Waals surface area (Å²) in [7, 11) is -3.48. The van der Waals surface area contributed by atoms with Gasteiger partial charge in [-0.15, -0.1) is 0 Å². The molecule has 20 heavy (non-hydrogen) atoms. The monoisotopic (exact) mass is 314 g/mol. The first-order valence-corrected chi connectivity index (χ1v) is 8.77. The van der Waals surface area contributed by atoms with Crippen LogP contribution in [0.1, 0.15) is 31.2 Å². The Balaban J connectivity index is 2.03. The van der Waals surface area contributed by atoms with Gasteiger partial charge in [0, 0.05) is 23.1 Å². The van der Waals surface area contributed by atoms with Crippen LogP contribution in [0.25, 0.3) is 0 Å². The predicted molar refractivity (Wildman–Crippen MR) is 79.2 cm³/mol. The average molecular weight is 315 g/mol. The molecule has 1 aromatic rings. The van der Waals surface area contributed by atoms with E-state index in [9.17, 15) is 8.42 Å². The number of rotatable bonds is 2. The van der Waals surface area contributed by atoms with Crippen LogP contribution < -0.4 is 5.73 Å². The summed E-state index contributed by atoms with van der Waals surface area (Å²) in [4.78, 5) is 0.331. The molecule has 2 aliphatic heterocycles. The molecular formula is C14H19ClN2O2S. The highest BCUT2D eigenvalue weighted by Crippen LogP contribution is 2.40. The molecule has 4 nitrogen and oxygen atoms in total. The van der Waals surface area contributed by atoms with Gasteiger partial charge in [0.1, 0.15) is 0 Å². The molecule has 2 heterocycles. The van der Waals surface area contributed by atoms with Gasteiger partial charge in [0.2, 0.25) is 10.0 Å². The lowest BCUT2D eigenvalue weighted by Crippen LogP contribution is -2.50. The van der Waals surface area contributed by atoms with Crippen molar-refractivity contribution in [3.05, 3.63) is 28.8 Å². The van der Waals surface area contributed by atoms with Crippen LogP contribution in [0.4, 0.5) is 0 Å². The smallest absolute Gasteiger partial charge is 0.243 e. The molecule has 6 heteroatoms. The maximum absolute atomic E-state index is 13.0. The van der Waals surface area contributed by atoms with E-state index in [4.69, 9.17) is 17.3 Å². The molecule has 0 radical (unpaired) electrons. The van der Waals surface area contributed by atoms with Crippen molar-refractivity contribution in [1.82, 2.24) is 4.31 Å². The van der Waals surface area contributed by atoms with E-state index in [0.29, 0.717) is 15.5 Å². The zero-order valence-corrected chi connectivity index (χ0v) is 13.0. The molecule has 2 aliphatic rings. The van der Waals surface area contributed by atoms with Crippen LogP contribution >= 0.6 is 11.6 Å². The maximum atomic E-state index is 13.0. The van der Waals surface area contributed by atoms with E-state index in [2.05, 4.69) is 0 Å². The second-order valence-electron chi connectivity index (χ2n) is 5.81. The third-order valence-corrected chi connectivity index (χ3v) is 7.03. The van der Waals surface area contributed by atoms with Crippen LogP contribution in [0.5, 0.6) is 0 Å². The highest BCUT2D eigenvalue weighted by atomic mass is 35.5. The first kappa shape index (κ1) is 14.3. The molecule has 2 N–H and O–H groups in total. The Morgan fingerprint density at radius 3 is 2.45 bits per heavy atom. The summed E-state index contributed by atoms with van der Waals surface area (Å²) >= 11 is 6.07. The van der Waals surface area contributed by atoms with Gasteiger partial charge >= 0.3 is 0 Å². The Hall–Kier alpha value is -0.620. The molecule has 2 bridgehead atoms. The number of benzene rings is 1. The fourth-order valence-electron chi connectivity index (χ4n) is 3.55. The van der Waals surface area contributed by atoms with Crippen molar-refractivity contribution in [2.75, 3.05) is 0 Å². The van der Waals surface area contributed by atoms with Crippen molar-refractivity contribution in [2.24, 2.45) is 5.73 Å². The molecule has 2 fully saturated rings. The van der Waals surface area contributed by atoms with Crippen molar-refractivity contribution >= 4 is 21.6 Å². The first-order valence-electron chi connectivity index (χ1n) is 6.95. The predicted octanol–water partition coefficient (Wildman–Crippen LogP) is 2.29. The van der Waals surface area contributed by atoms with Crippen molar-refractivity contribution in [2.45, 2.75) is 55.6 Å². The van der Waals surface area contributed by atoms with Gasteiger partial charge in [-0.1, -0.05) is 17.7 Å². The van der Waals surface area contributed by atoms with E-state index in [1.165, 1.54) is 0 Å². The number of halogens is 1. The Kier molecular flexibility index (Phi) is 3.57. The molecule has 3 rings (SSSR count). The largest absolute Gasteiger partial charge is 0.328 e. The van der Waals surface area contributed by atoms with E-state index in [1.54, 1.807) is 29.4 Å². The zero-order valence-electron chi connectivity index (χ0n) is 11.4. The minimum Gasteiger partial charge on any atom is -0.328 e. The minimum atomic E-state index is -3.48. The molecule has 110 valence electrons. The highest BCUT2D eigenvalue weighted by Gasteiger charge is 2.46. The molecule has 0 spiro atoms. The third kappa shape index (κ3) is 2.17. The Morgan fingerprint density at radius 2 is 1.85 bits per heavy atom. The average Bonchev–Trinajstić information content (AvgIpc) is 2.66. The number of nitrogens with two attached hydrogens (primary N) is 1. The van der Waals surface area contributed by atoms with Gasteiger partial charge in [0.15, 0.2) is 0 Å². The molecule has 1 aromatic carbocycles. The van der Waals surface area contributed by atoms with Crippen molar-refractivity contribution in [3.63, 3.8) is 0 Å². The normalized spacial score (nSPS) is 30.6. The molecular weight excluding hydrogens is 296 g/mol. The van der Waals surface area contributed by atoms with Crippen molar-refractivity contribution in [3.8, 4) is 0 Å². The fraction of sp³-hybridized carbons (Fsp3) is 0.571. The SMILES string of the molecule is Cc1c(Cl)cccc1S(=O)(=O)N1C2CCC1CC(N)C2. The number of sulfonamides is 1. The molecule has 0 aliphatic carbocycles. The third-order valence-electron chi connectivity index (χ3n) is 4.48. The molecule has 2 unspecified atom stereocenters. The number of fused-ring (bicyclic) bond motifs is 2. The van der Waals surface area contributed by atoms with E-state index in [1.807, 2.05) is 0 Å². The summed E-state index contributed by atoms with van der Waals surface area (Å²) in [6, 6.07) is 5.28. The molecule has 0 aromatic heterocycles. The second kappa shape index (κ2) is 4.98. The number of piperidine rings is 1. The summed E-state index contributed by atoms with van der Waals surface area (Å²) in [6.45, 7) is 1.76. The van der Waals surface area contributed by atoms with Gasteiger partial charge in [0.25, 0.3) is 0 Å². The number of hydrogen-bond donors (Lipinski definition) is 1. The van der Waals surface area contributed by atoms with Crippen LogP contribution in [0, 0.1) is 6.92 Å². The lowest BCUT2D eigenvalue weighted by molar-refractivity contribution is 0.227. The van der Waals surface area contributed by atoms with Gasteiger partial charge < -0.3 is 5.73 Å². The van der Waals surface area contributed by atoms with Crippen molar-refractivity contribution in [1.29, 1.82) is 0 Å². The molecule has 0 saturated carbocycles. The van der Waals surface area contributed by atoms with Crippen molar-refractivity contribution < 1.29 is 8.42 Å². The van der Waals surface area contributed by atoms with E-state index in [0.717, 1.165) is 25.7 Å². The topological polar surface area (TPSA) is 63.4 Å². The summed E-state index contributed by atoms with van der Waals surface area (Å²) in [6.07, 6.45) is 3.35. The lowest BCUT2D eigenvalue weighted by Gasteiger charge is -2.36. The van der Waals surface area contributed by atoms with Gasteiger partial charge in [0.05, 0.1) is 4.90 Å². The molecule has 2 saturated heterocycles. The summed E-state index contributed by atoms with van der Waals surface area (Å²) < 4.78 is 27.6. The molecule has 2 atom stereocenters. The highest BCUT2D eigenvalue weighted by molar-refractivity contribution is 7.89. The fourth-order valence-corrected chi connectivity index (χ4v) is 5.92. The van der Waals surface area contributed by atoms with Crippen LogP contribution in [0.3, 0.4) is 0 Å². The Labute approximate surface area is 125 Å². The number of nitrogens with zero attached hydrogens (tertiary/aromatic N) is 1. The number of hydrogen-bond acceptors (Lipinski definition) is 3. The first-order chi connectivity index (χ1) is 9.41. The van der Waals surface area contributed by atoms with Gasteiger partial charge in [-0.2, -0.15) is 4.31 Å². The van der Waals surface area contributed by atoms with E-state index >= 15 is 0 Å². The van der Waals surface area contributed by atoms with Gasteiger partial charge in [-0.3, -0.25) is 0 Å². The molecule has 0 amide bonds. The summed E-state index contributed by atoms with van der Waals surface area (Å²) in [5.41, 5.74) is 6.64. The Morgan fingerprint density at radius 1 is 1.25 bits per heavy atom. The van der Waals surface area contributed by atoms with Gasteiger partial charge in [-0.25, -0.2) is 8.42 Å². The second-order valence-corrected chi connectivity index (χ2v) is 8.03. The van der Waals surface area contributed by atoms with Gasteiger partial charge in [-0.05, 0) is 50.3 Å². The van der Waals surface area contributed by atoms with E-state index < -0.39 is 10.0 Å². The lowest BCUT2D eigenvalue weighted by atomic mass is 10.0.